The molecule has 0 aliphatic heterocycles. The summed E-state index contributed by atoms with van der Waals surface area (Å²) >= 11 is 0. The van der Waals surface area contributed by atoms with E-state index < -0.39 is 0 Å². The molecule has 0 aliphatic rings. The Labute approximate surface area is 264 Å². The van der Waals surface area contributed by atoms with Crippen molar-refractivity contribution in [2.24, 2.45) is 0 Å². The molecule has 8 aromatic carbocycles. The van der Waals surface area contributed by atoms with E-state index in [2.05, 4.69) is 4.57 Å². The smallest absolute Gasteiger partial charge is 0.162 e. The normalized spacial score (nSPS) is 14.6. The van der Waals surface area contributed by atoms with Gasteiger partial charge in [-0.3, -0.25) is 0 Å². The van der Waals surface area contributed by atoms with E-state index in [9.17, 15) is 8.22 Å². The maximum atomic E-state index is 9.52. The Morgan fingerprint density at radius 2 is 1.11 bits per heavy atom. The lowest BCUT2D eigenvalue weighted by atomic mass is 9.87. The highest BCUT2D eigenvalue weighted by molar-refractivity contribution is 6.29. The van der Waals surface area contributed by atoms with Gasteiger partial charge in [-0.05, 0) is 84.9 Å². The van der Waals surface area contributed by atoms with Crippen LogP contribution in [0.1, 0.15) is 11.0 Å². The lowest BCUT2D eigenvalue weighted by molar-refractivity contribution is 0.673. The van der Waals surface area contributed by atoms with Crippen LogP contribution in [-0.2, 0) is 0 Å². The SMILES string of the molecule is [2H]c1c([2H])c2c([2H])c([2H])c3c(-c4cccc5c4c4oc6ccccc6c4n5-c4ccccc4)c([2H])c([2H])c4c([2H])c([2H])c(c1-c1ccccc1)c2c43. The van der Waals surface area contributed by atoms with Crippen LogP contribution in [-0.4, -0.2) is 4.57 Å². The number of fused-ring (bicyclic) bond motifs is 5. The predicted molar refractivity (Wildman–Crippen MR) is 185 cm³/mol. The molecule has 0 atom stereocenters. The summed E-state index contributed by atoms with van der Waals surface area (Å²) in [5.41, 5.74) is 5.37. The predicted octanol–water partition coefficient (Wildman–Crippen LogP) is 11.8. The van der Waals surface area contributed by atoms with Crippen molar-refractivity contribution in [3.05, 3.63) is 151 Å². The quantitative estimate of drug-likeness (QED) is 0.194. The molecule has 0 saturated heterocycles. The van der Waals surface area contributed by atoms with Crippen LogP contribution in [0.2, 0.25) is 0 Å². The fraction of sp³-hybridized carbons (Fsp3) is 0. The number of nitrogens with zero attached hydrogens (tertiary/aromatic N) is 1. The topological polar surface area (TPSA) is 18.1 Å². The molecule has 204 valence electrons. The Bertz CT molecular complexity index is 3150. The van der Waals surface area contributed by atoms with E-state index in [4.69, 9.17) is 7.16 Å². The number of aromatic nitrogens is 1. The Balaban J connectivity index is 1.46. The first-order valence-corrected chi connectivity index (χ1v) is 14.5. The Hall–Kier alpha value is -5.86. The molecular weight excluding hydrogens is 534 g/mol. The van der Waals surface area contributed by atoms with E-state index in [1.54, 1.807) is 24.3 Å². The molecule has 0 saturated carbocycles. The van der Waals surface area contributed by atoms with Gasteiger partial charge in [0.05, 0.1) is 21.9 Å². The van der Waals surface area contributed by atoms with Crippen LogP contribution in [0.4, 0.5) is 0 Å². The molecule has 0 unspecified atom stereocenters. The first-order valence-electron chi connectivity index (χ1n) is 18.5. The van der Waals surface area contributed by atoms with Gasteiger partial charge in [-0.25, -0.2) is 0 Å². The van der Waals surface area contributed by atoms with Gasteiger partial charge in [0.25, 0.3) is 0 Å². The van der Waals surface area contributed by atoms with E-state index in [1.807, 2.05) is 78.9 Å². The monoisotopic (exact) mass is 567 g/mol. The van der Waals surface area contributed by atoms with Gasteiger partial charge in [-0.15, -0.1) is 0 Å². The van der Waals surface area contributed by atoms with Gasteiger partial charge < -0.3 is 8.98 Å². The summed E-state index contributed by atoms with van der Waals surface area (Å²) in [6.07, 6.45) is 0. The minimum atomic E-state index is -0.310. The van der Waals surface area contributed by atoms with Gasteiger partial charge >= 0.3 is 0 Å². The maximum absolute atomic E-state index is 9.52. The summed E-state index contributed by atoms with van der Waals surface area (Å²) in [6, 6.07) is 30.2. The molecule has 0 bridgehead atoms. The van der Waals surface area contributed by atoms with Gasteiger partial charge in [0.2, 0.25) is 0 Å². The summed E-state index contributed by atoms with van der Waals surface area (Å²) in [6.45, 7) is 0. The molecule has 10 aromatic rings. The van der Waals surface area contributed by atoms with Crippen molar-refractivity contribution in [2.75, 3.05) is 0 Å². The lowest BCUT2D eigenvalue weighted by Crippen LogP contribution is -1.93. The van der Waals surface area contributed by atoms with Crippen molar-refractivity contribution < 1.29 is 15.4 Å². The number of hydrogen-bond donors (Lipinski definition) is 0. The van der Waals surface area contributed by atoms with E-state index in [-0.39, 0.29) is 91.8 Å². The molecule has 0 fully saturated rings. The van der Waals surface area contributed by atoms with Crippen molar-refractivity contribution in [1.82, 2.24) is 4.57 Å². The second-order valence-electron chi connectivity index (χ2n) is 11.0. The second-order valence-corrected chi connectivity index (χ2v) is 11.0. The third kappa shape index (κ3) is 3.14. The van der Waals surface area contributed by atoms with Crippen LogP contribution in [0.5, 0.6) is 0 Å². The standard InChI is InChI=1S/C42H25NO/c1-3-10-26(11-4-1)30-22-18-27-21-25-34-31(23-19-28-20-24-33(30)38(27)39(28)34)32-15-9-16-36-40(32)42-41(35-14-7-8-17-37(35)44-42)43(36)29-12-5-2-6-13-29/h1-25H/i18D,19D,20D,21D,22D,23D,24D,25D. The zero-order chi connectivity index (χ0) is 35.7. The average Bonchev–Trinajstić information content (AvgIpc) is 3.70. The summed E-state index contributed by atoms with van der Waals surface area (Å²) in [7, 11) is 0. The molecule has 44 heavy (non-hydrogen) atoms. The molecule has 0 radical (unpaired) electrons. The third-order valence-corrected chi connectivity index (χ3v) is 8.65. The van der Waals surface area contributed by atoms with Crippen molar-refractivity contribution >= 4 is 65.3 Å². The number of rotatable bonds is 3. The highest BCUT2D eigenvalue weighted by Gasteiger charge is 2.23. The van der Waals surface area contributed by atoms with Crippen molar-refractivity contribution in [2.45, 2.75) is 0 Å². The van der Waals surface area contributed by atoms with Gasteiger partial charge in [-0.1, -0.05) is 121 Å². The van der Waals surface area contributed by atoms with E-state index in [0.29, 0.717) is 27.7 Å². The molecule has 2 heterocycles. The average molecular weight is 568 g/mol. The first kappa shape index (κ1) is 17.3. The Kier molecular flexibility index (Phi) is 3.47. The molecule has 0 amide bonds. The molecule has 0 aliphatic carbocycles. The first-order chi connectivity index (χ1) is 25.2. The fourth-order valence-corrected chi connectivity index (χ4v) is 6.77. The highest BCUT2D eigenvalue weighted by Crippen LogP contribution is 2.46. The van der Waals surface area contributed by atoms with Crippen LogP contribution in [0, 0.1) is 0 Å². The maximum Gasteiger partial charge on any atom is 0.162 e. The van der Waals surface area contributed by atoms with Crippen LogP contribution < -0.4 is 0 Å². The van der Waals surface area contributed by atoms with Crippen molar-refractivity contribution in [3.8, 4) is 27.9 Å². The van der Waals surface area contributed by atoms with Gasteiger partial charge in [0.15, 0.2) is 5.58 Å². The zero-order valence-electron chi connectivity index (χ0n) is 31.2. The molecule has 0 spiro atoms. The molecule has 2 aromatic heterocycles. The van der Waals surface area contributed by atoms with Gasteiger partial charge in [-0.2, -0.15) is 0 Å². The molecule has 10 rings (SSSR count). The third-order valence-electron chi connectivity index (χ3n) is 8.65. The Morgan fingerprint density at radius 1 is 0.477 bits per heavy atom. The molecule has 2 heteroatoms. The van der Waals surface area contributed by atoms with Crippen LogP contribution >= 0.6 is 0 Å². The molecule has 2 nitrogen and oxygen atoms in total. The zero-order valence-corrected chi connectivity index (χ0v) is 23.2. The summed E-state index contributed by atoms with van der Waals surface area (Å²) in [4.78, 5) is 0. The fourth-order valence-electron chi connectivity index (χ4n) is 6.77. The largest absolute Gasteiger partial charge is 0.454 e. The van der Waals surface area contributed by atoms with Crippen LogP contribution in [0.15, 0.2) is 156 Å². The van der Waals surface area contributed by atoms with Gasteiger partial charge in [0, 0.05) is 11.1 Å². The van der Waals surface area contributed by atoms with Crippen molar-refractivity contribution in [3.63, 3.8) is 0 Å². The van der Waals surface area contributed by atoms with Gasteiger partial charge in [0.1, 0.15) is 11.1 Å². The minimum absolute atomic E-state index is 0.0128. The second kappa shape index (κ2) is 8.82. The number of benzene rings is 8. The molecular formula is C42H25NO. The highest BCUT2D eigenvalue weighted by atomic mass is 16.3. The van der Waals surface area contributed by atoms with E-state index in [1.165, 1.54) is 0 Å². The summed E-state index contributed by atoms with van der Waals surface area (Å²) < 4.78 is 83.1. The van der Waals surface area contributed by atoms with E-state index in [0.717, 1.165) is 22.1 Å². The number of hydrogen-bond acceptors (Lipinski definition) is 1. The number of furan rings is 1. The lowest BCUT2D eigenvalue weighted by Gasteiger charge is -2.17. The molecule has 0 N–H and O–H groups in total. The van der Waals surface area contributed by atoms with Crippen LogP contribution in [0.25, 0.3) is 93.2 Å². The summed E-state index contributed by atoms with van der Waals surface area (Å²) in [5, 5.41) is 2.55. The summed E-state index contributed by atoms with van der Waals surface area (Å²) in [5.74, 6) is 0. The van der Waals surface area contributed by atoms with E-state index >= 15 is 0 Å². The van der Waals surface area contributed by atoms with Crippen molar-refractivity contribution in [1.29, 1.82) is 0 Å². The minimum Gasteiger partial charge on any atom is -0.454 e. The number of para-hydroxylation sites is 2. The Morgan fingerprint density at radius 3 is 1.89 bits per heavy atom. The van der Waals surface area contributed by atoms with Crippen LogP contribution in [0.3, 0.4) is 0 Å².